The SMILES string of the molecule is COc1ccc(/C=C/C(=O)NC(C)C(=O)NCc2cccc(C#N)c2)cc1. The third-order valence-corrected chi connectivity index (χ3v) is 3.82. The average Bonchev–Trinajstić information content (AvgIpc) is 2.70. The molecule has 0 aliphatic rings. The highest BCUT2D eigenvalue weighted by Crippen LogP contribution is 2.12. The van der Waals surface area contributed by atoms with Crippen molar-refractivity contribution in [2.75, 3.05) is 7.11 Å². The summed E-state index contributed by atoms with van der Waals surface area (Å²) in [7, 11) is 1.59. The first-order chi connectivity index (χ1) is 13.0. The van der Waals surface area contributed by atoms with Gasteiger partial charge in [0.05, 0.1) is 18.7 Å². The molecule has 27 heavy (non-hydrogen) atoms. The van der Waals surface area contributed by atoms with Gasteiger partial charge in [0.25, 0.3) is 0 Å². The third-order valence-electron chi connectivity index (χ3n) is 3.82. The summed E-state index contributed by atoms with van der Waals surface area (Å²) in [6.07, 6.45) is 3.04. The molecule has 2 amide bonds. The summed E-state index contributed by atoms with van der Waals surface area (Å²) in [5.41, 5.74) is 2.20. The Balaban J connectivity index is 1.82. The zero-order valence-electron chi connectivity index (χ0n) is 15.2. The van der Waals surface area contributed by atoms with Crippen LogP contribution >= 0.6 is 0 Å². The van der Waals surface area contributed by atoms with E-state index in [9.17, 15) is 9.59 Å². The van der Waals surface area contributed by atoms with Gasteiger partial charge in [0.2, 0.25) is 11.8 Å². The van der Waals surface area contributed by atoms with Crippen molar-refractivity contribution in [2.24, 2.45) is 0 Å². The molecule has 0 bridgehead atoms. The highest BCUT2D eigenvalue weighted by Gasteiger charge is 2.13. The highest BCUT2D eigenvalue weighted by atomic mass is 16.5. The fourth-order valence-electron chi connectivity index (χ4n) is 2.31. The summed E-state index contributed by atoms with van der Waals surface area (Å²) in [6, 6.07) is 15.6. The van der Waals surface area contributed by atoms with E-state index in [1.54, 1.807) is 50.4 Å². The predicted octanol–water partition coefficient (Wildman–Crippen LogP) is 2.40. The third kappa shape index (κ3) is 6.33. The van der Waals surface area contributed by atoms with Crippen LogP contribution in [0.15, 0.2) is 54.6 Å². The van der Waals surface area contributed by atoms with Crippen molar-refractivity contribution in [1.29, 1.82) is 5.26 Å². The molecule has 2 N–H and O–H groups in total. The van der Waals surface area contributed by atoms with Crippen LogP contribution in [0.4, 0.5) is 0 Å². The number of hydrogen-bond donors (Lipinski definition) is 2. The molecule has 2 aromatic rings. The van der Waals surface area contributed by atoms with Gasteiger partial charge in [-0.05, 0) is 48.4 Å². The van der Waals surface area contributed by atoms with E-state index in [0.29, 0.717) is 5.56 Å². The molecule has 0 radical (unpaired) electrons. The topological polar surface area (TPSA) is 91.2 Å². The maximum absolute atomic E-state index is 12.1. The number of carbonyl (C=O) groups excluding carboxylic acids is 2. The molecule has 0 spiro atoms. The second kappa shape index (κ2) is 9.78. The summed E-state index contributed by atoms with van der Waals surface area (Å²) in [6.45, 7) is 1.90. The molecule has 6 heteroatoms. The molecule has 0 heterocycles. The largest absolute Gasteiger partial charge is 0.497 e. The van der Waals surface area contributed by atoms with Crippen LogP contribution in [0.25, 0.3) is 6.08 Å². The molecule has 2 rings (SSSR count). The minimum atomic E-state index is -0.683. The number of nitriles is 1. The van der Waals surface area contributed by atoms with Crippen LogP contribution < -0.4 is 15.4 Å². The summed E-state index contributed by atoms with van der Waals surface area (Å²) in [5.74, 6) is 0.0747. The molecule has 1 unspecified atom stereocenters. The van der Waals surface area contributed by atoms with E-state index in [1.807, 2.05) is 18.2 Å². The van der Waals surface area contributed by atoms with Gasteiger partial charge in [0.15, 0.2) is 0 Å². The van der Waals surface area contributed by atoms with Crippen molar-refractivity contribution in [3.8, 4) is 11.8 Å². The number of rotatable bonds is 7. The number of carbonyl (C=O) groups is 2. The minimum absolute atomic E-state index is 0.288. The Morgan fingerprint density at radius 1 is 1.22 bits per heavy atom. The lowest BCUT2D eigenvalue weighted by molar-refractivity contribution is -0.126. The van der Waals surface area contributed by atoms with Gasteiger partial charge in [-0.25, -0.2) is 0 Å². The van der Waals surface area contributed by atoms with Crippen LogP contribution in [0.5, 0.6) is 5.75 Å². The second-order valence-corrected chi connectivity index (χ2v) is 5.87. The van der Waals surface area contributed by atoms with Gasteiger partial charge < -0.3 is 15.4 Å². The van der Waals surface area contributed by atoms with Crippen LogP contribution in [-0.4, -0.2) is 25.0 Å². The van der Waals surface area contributed by atoms with Gasteiger partial charge >= 0.3 is 0 Å². The maximum atomic E-state index is 12.1. The molecule has 0 saturated carbocycles. The first-order valence-corrected chi connectivity index (χ1v) is 8.41. The Bertz CT molecular complexity index is 867. The van der Waals surface area contributed by atoms with E-state index < -0.39 is 6.04 Å². The lowest BCUT2D eigenvalue weighted by atomic mass is 10.1. The molecule has 0 aliphatic heterocycles. The number of amides is 2. The first kappa shape index (κ1) is 19.7. The quantitative estimate of drug-likeness (QED) is 0.739. The second-order valence-electron chi connectivity index (χ2n) is 5.87. The van der Waals surface area contributed by atoms with Crippen molar-refractivity contribution in [3.63, 3.8) is 0 Å². The molecular weight excluding hydrogens is 342 g/mol. The molecule has 2 aromatic carbocycles. The minimum Gasteiger partial charge on any atom is -0.497 e. The van der Waals surface area contributed by atoms with E-state index in [-0.39, 0.29) is 18.4 Å². The first-order valence-electron chi connectivity index (χ1n) is 8.41. The van der Waals surface area contributed by atoms with Crippen molar-refractivity contribution in [3.05, 3.63) is 71.3 Å². The van der Waals surface area contributed by atoms with Gasteiger partial charge in [0.1, 0.15) is 11.8 Å². The molecule has 6 nitrogen and oxygen atoms in total. The Morgan fingerprint density at radius 2 is 1.96 bits per heavy atom. The monoisotopic (exact) mass is 363 g/mol. The van der Waals surface area contributed by atoms with Gasteiger partial charge in [-0.3, -0.25) is 9.59 Å². The van der Waals surface area contributed by atoms with E-state index in [2.05, 4.69) is 16.7 Å². The smallest absolute Gasteiger partial charge is 0.244 e. The van der Waals surface area contributed by atoms with Gasteiger partial charge in [0, 0.05) is 12.6 Å². The van der Waals surface area contributed by atoms with Gasteiger partial charge in [-0.2, -0.15) is 5.26 Å². The van der Waals surface area contributed by atoms with E-state index in [0.717, 1.165) is 16.9 Å². The molecule has 0 fully saturated rings. The number of nitrogens with one attached hydrogen (secondary N) is 2. The van der Waals surface area contributed by atoms with E-state index in [1.165, 1.54) is 6.08 Å². The average molecular weight is 363 g/mol. The van der Waals surface area contributed by atoms with E-state index in [4.69, 9.17) is 10.00 Å². The Morgan fingerprint density at radius 3 is 2.63 bits per heavy atom. The number of hydrogen-bond acceptors (Lipinski definition) is 4. The molecule has 0 aliphatic carbocycles. The molecule has 138 valence electrons. The number of ether oxygens (including phenoxy) is 1. The van der Waals surface area contributed by atoms with Crippen molar-refractivity contribution < 1.29 is 14.3 Å². The lowest BCUT2D eigenvalue weighted by Gasteiger charge is -2.13. The van der Waals surface area contributed by atoms with Crippen molar-refractivity contribution >= 4 is 17.9 Å². The standard InChI is InChI=1S/C21H21N3O3/c1-15(21(26)23-14-18-5-3-4-17(12-18)13-22)24-20(25)11-8-16-6-9-19(27-2)10-7-16/h3-12,15H,14H2,1-2H3,(H,23,26)(H,24,25)/b11-8+. The normalized spacial score (nSPS) is 11.4. The van der Waals surface area contributed by atoms with Crippen LogP contribution in [0, 0.1) is 11.3 Å². The highest BCUT2D eigenvalue weighted by molar-refractivity contribution is 5.95. The van der Waals surface area contributed by atoms with Crippen LogP contribution in [-0.2, 0) is 16.1 Å². The zero-order chi connectivity index (χ0) is 19.6. The Hall–Kier alpha value is -3.59. The summed E-state index contributed by atoms with van der Waals surface area (Å²) >= 11 is 0. The molecular formula is C21H21N3O3. The van der Waals surface area contributed by atoms with E-state index >= 15 is 0 Å². The molecule has 0 saturated heterocycles. The lowest BCUT2D eigenvalue weighted by Crippen LogP contribution is -2.44. The predicted molar refractivity (Wildman–Crippen MR) is 103 cm³/mol. The summed E-state index contributed by atoms with van der Waals surface area (Å²) in [5, 5.41) is 14.2. The Kier molecular flexibility index (Phi) is 7.15. The Labute approximate surface area is 158 Å². The number of benzene rings is 2. The fraction of sp³-hybridized carbons (Fsp3) is 0.190. The molecule has 0 aromatic heterocycles. The summed E-state index contributed by atoms with van der Waals surface area (Å²) < 4.78 is 5.08. The maximum Gasteiger partial charge on any atom is 0.244 e. The number of nitrogens with zero attached hydrogens (tertiary/aromatic N) is 1. The van der Waals surface area contributed by atoms with Gasteiger partial charge in [-0.1, -0.05) is 24.3 Å². The van der Waals surface area contributed by atoms with Crippen molar-refractivity contribution in [2.45, 2.75) is 19.5 Å². The fourth-order valence-corrected chi connectivity index (χ4v) is 2.31. The van der Waals surface area contributed by atoms with Crippen LogP contribution in [0.2, 0.25) is 0 Å². The zero-order valence-corrected chi connectivity index (χ0v) is 15.2. The van der Waals surface area contributed by atoms with Crippen LogP contribution in [0.1, 0.15) is 23.6 Å². The van der Waals surface area contributed by atoms with Crippen LogP contribution in [0.3, 0.4) is 0 Å². The van der Waals surface area contributed by atoms with Gasteiger partial charge in [-0.15, -0.1) is 0 Å². The molecule has 1 atom stereocenters. The number of methoxy groups -OCH3 is 1. The van der Waals surface area contributed by atoms with Crippen molar-refractivity contribution in [1.82, 2.24) is 10.6 Å². The summed E-state index contributed by atoms with van der Waals surface area (Å²) in [4.78, 5) is 24.1.